The lowest BCUT2D eigenvalue weighted by atomic mass is 9.92. The molecule has 0 aliphatic rings. The molecule has 0 aliphatic carbocycles. The highest BCUT2D eigenvalue weighted by Crippen LogP contribution is 2.18. The number of amides is 1. The van der Waals surface area contributed by atoms with E-state index < -0.39 is 5.41 Å². The molecule has 4 nitrogen and oxygen atoms in total. The van der Waals surface area contributed by atoms with Crippen molar-refractivity contribution in [3.8, 4) is 0 Å². The summed E-state index contributed by atoms with van der Waals surface area (Å²) in [5.41, 5.74) is 6.79. The fourth-order valence-electron chi connectivity index (χ4n) is 1.30. The predicted octanol–water partition coefficient (Wildman–Crippen LogP) is 2.18. The molecule has 0 heterocycles. The van der Waals surface area contributed by atoms with Crippen molar-refractivity contribution in [2.45, 2.75) is 20.5 Å². The van der Waals surface area contributed by atoms with Crippen LogP contribution in [0.4, 0.5) is 5.69 Å². The lowest BCUT2D eigenvalue weighted by Crippen LogP contribution is -2.37. The van der Waals surface area contributed by atoms with Gasteiger partial charge in [0.25, 0.3) is 0 Å². The summed E-state index contributed by atoms with van der Waals surface area (Å²) in [6.07, 6.45) is 0. The molecule has 0 fully saturated rings. The van der Waals surface area contributed by atoms with Crippen LogP contribution in [0.15, 0.2) is 24.3 Å². The molecule has 0 saturated heterocycles. The smallest absolute Gasteiger partial charge is 0.231 e. The van der Waals surface area contributed by atoms with E-state index in [1.54, 1.807) is 7.11 Å². The maximum Gasteiger partial charge on any atom is 0.231 e. The second kappa shape index (κ2) is 7.36. The van der Waals surface area contributed by atoms with Crippen LogP contribution in [0.1, 0.15) is 19.4 Å². The highest BCUT2D eigenvalue weighted by atomic mass is 35.5. The number of halogens is 1. The molecule has 3 N–H and O–H groups in total. The van der Waals surface area contributed by atoms with E-state index in [0.29, 0.717) is 13.2 Å². The van der Waals surface area contributed by atoms with Gasteiger partial charge in [0.2, 0.25) is 5.91 Å². The Morgan fingerprint density at radius 3 is 2.67 bits per heavy atom. The number of rotatable bonds is 5. The van der Waals surface area contributed by atoms with Crippen LogP contribution < -0.4 is 11.1 Å². The van der Waals surface area contributed by atoms with Crippen LogP contribution in [0.3, 0.4) is 0 Å². The Bertz CT molecular complexity index is 394. The molecule has 0 unspecified atom stereocenters. The molecule has 1 aromatic carbocycles. The first-order valence-electron chi connectivity index (χ1n) is 5.59. The van der Waals surface area contributed by atoms with Gasteiger partial charge in [-0.3, -0.25) is 4.79 Å². The summed E-state index contributed by atoms with van der Waals surface area (Å²) in [5.74, 6) is -0.0745. The average molecular weight is 273 g/mol. The van der Waals surface area contributed by atoms with Gasteiger partial charge in [-0.25, -0.2) is 0 Å². The molecule has 0 spiro atoms. The molecule has 0 bridgehead atoms. The first kappa shape index (κ1) is 16.9. The van der Waals surface area contributed by atoms with Gasteiger partial charge in [-0.2, -0.15) is 0 Å². The van der Waals surface area contributed by atoms with Crippen LogP contribution in [0.5, 0.6) is 0 Å². The molecule has 5 heteroatoms. The van der Waals surface area contributed by atoms with E-state index >= 15 is 0 Å². The van der Waals surface area contributed by atoms with Crippen molar-refractivity contribution in [2.75, 3.05) is 19.0 Å². The monoisotopic (exact) mass is 272 g/mol. The molecule has 1 rings (SSSR count). The summed E-state index contributed by atoms with van der Waals surface area (Å²) in [6, 6.07) is 7.59. The number of nitrogens with two attached hydrogens (primary N) is 1. The zero-order valence-electron chi connectivity index (χ0n) is 11.0. The number of benzene rings is 1. The highest BCUT2D eigenvalue weighted by molar-refractivity contribution is 5.95. The third kappa shape index (κ3) is 4.64. The number of carbonyl (C=O) groups excluding carboxylic acids is 1. The van der Waals surface area contributed by atoms with Crippen molar-refractivity contribution in [2.24, 2.45) is 11.1 Å². The van der Waals surface area contributed by atoms with Gasteiger partial charge in [0.05, 0.1) is 12.0 Å². The summed E-state index contributed by atoms with van der Waals surface area (Å²) >= 11 is 0. The molecule has 0 saturated carbocycles. The van der Waals surface area contributed by atoms with E-state index in [1.165, 1.54) is 0 Å². The SMILES string of the molecule is COCc1cccc(NC(=O)C(C)(C)CN)c1.Cl. The van der Waals surface area contributed by atoms with Gasteiger partial charge in [-0.05, 0) is 31.5 Å². The number of anilines is 1. The van der Waals surface area contributed by atoms with E-state index in [-0.39, 0.29) is 18.3 Å². The Kier molecular flexibility index (Phi) is 6.91. The maximum atomic E-state index is 11.9. The summed E-state index contributed by atoms with van der Waals surface area (Å²) in [5, 5.41) is 2.86. The molecule has 1 amide bonds. The topological polar surface area (TPSA) is 64.3 Å². The summed E-state index contributed by atoms with van der Waals surface area (Å²) < 4.78 is 5.04. The van der Waals surface area contributed by atoms with Gasteiger partial charge in [-0.15, -0.1) is 12.4 Å². The minimum absolute atomic E-state index is 0. The number of hydrogen-bond donors (Lipinski definition) is 2. The van der Waals surface area contributed by atoms with E-state index in [1.807, 2.05) is 38.1 Å². The second-order valence-electron chi connectivity index (χ2n) is 4.68. The van der Waals surface area contributed by atoms with Gasteiger partial charge >= 0.3 is 0 Å². The largest absolute Gasteiger partial charge is 0.380 e. The van der Waals surface area contributed by atoms with Crippen LogP contribution >= 0.6 is 12.4 Å². The number of hydrogen-bond acceptors (Lipinski definition) is 3. The van der Waals surface area contributed by atoms with Crippen LogP contribution in [0, 0.1) is 5.41 Å². The Labute approximate surface area is 114 Å². The fourth-order valence-corrected chi connectivity index (χ4v) is 1.30. The van der Waals surface area contributed by atoms with Crippen LogP contribution in [-0.2, 0) is 16.1 Å². The van der Waals surface area contributed by atoms with Gasteiger partial charge in [-0.1, -0.05) is 12.1 Å². The van der Waals surface area contributed by atoms with E-state index in [9.17, 15) is 4.79 Å². The summed E-state index contributed by atoms with van der Waals surface area (Å²) in [6.45, 7) is 4.49. The van der Waals surface area contributed by atoms with Crippen molar-refractivity contribution < 1.29 is 9.53 Å². The first-order chi connectivity index (χ1) is 7.99. The molecular formula is C13H21ClN2O2. The standard InChI is InChI=1S/C13H20N2O2.ClH/c1-13(2,9-14)12(16)15-11-6-4-5-10(7-11)8-17-3;/h4-7H,8-9,14H2,1-3H3,(H,15,16);1H. The number of ether oxygens (including phenoxy) is 1. The van der Waals surface area contributed by atoms with Crippen molar-refractivity contribution >= 4 is 24.0 Å². The number of methoxy groups -OCH3 is 1. The van der Waals surface area contributed by atoms with E-state index in [4.69, 9.17) is 10.5 Å². The minimum Gasteiger partial charge on any atom is -0.380 e. The minimum atomic E-state index is -0.558. The average Bonchev–Trinajstić information content (AvgIpc) is 2.30. The maximum absolute atomic E-state index is 11.9. The van der Waals surface area contributed by atoms with E-state index in [2.05, 4.69) is 5.32 Å². The van der Waals surface area contributed by atoms with Crippen LogP contribution in [0.2, 0.25) is 0 Å². The van der Waals surface area contributed by atoms with Crippen molar-refractivity contribution in [3.63, 3.8) is 0 Å². The normalized spacial score (nSPS) is 10.7. The lowest BCUT2D eigenvalue weighted by Gasteiger charge is -2.21. The molecular weight excluding hydrogens is 252 g/mol. The van der Waals surface area contributed by atoms with E-state index in [0.717, 1.165) is 11.3 Å². The molecule has 0 atom stereocenters. The molecule has 18 heavy (non-hydrogen) atoms. The number of nitrogens with one attached hydrogen (secondary N) is 1. The first-order valence-corrected chi connectivity index (χ1v) is 5.59. The molecule has 0 aromatic heterocycles. The Morgan fingerprint density at radius 1 is 1.44 bits per heavy atom. The molecule has 0 aliphatic heterocycles. The zero-order chi connectivity index (χ0) is 12.9. The highest BCUT2D eigenvalue weighted by Gasteiger charge is 2.25. The summed E-state index contributed by atoms with van der Waals surface area (Å²) in [7, 11) is 1.64. The quantitative estimate of drug-likeness (QED) is 0.863. The molecule has 0 radical (unpaired) electrons. The Hall–Kier alpha value is -1.10. The van der Waals surface area contributed by atoms with Gasteiger partial charge < -0.3 is 15.8 Å². The van der Waals surface area contributed by atoms with Gasteiger partial charge in [0, 0.05) is 19.3 Å². The van der Waals surface area contributed by atoms with Gasteiger partial charge in [0.15, 0.2) is 0 Å². The Balaban J connectivity index is 0.00000289. The Morgan fingerprint density at radius 2 is 2.11 bits per heavy atom. The summed E-state index contributed by atoms with van der Waals surface area (Å²) in [4.78, 5) is 11.9. The zero-order valence-corrected chi connectivity index (χ0v) is 11.8. The van der Waals surface area contributed by atoms with Crippen LogP contribution in [-0.4, -0.2) is 19.6 Å². The third-order valence-electron chi connectivity index (χ3n) is 2.62. The van der Waals surface area contributed by atoms with Crippen molar-refractivity contribution in [1.29, 1.82) is 0 Å². The van der Waals surface area contributed by atoms with Crippen molar-refractivity contribution in [1.82, 2.24) is 0 Å². The second-order valence-corrected chi connectivity index (χ2v) is 4.68. The number of carbonyl (C=O) groups is 1. The van der Waals surface area contributed by atoms with Crippen molar-refractivity contribution in [3.05, 3.63) is 29.8 Å². The molecule has 102 valence electrons. The third-order valence-corrected chi connectivity index (χ3v) is 2.62. The predicted molar refractivity (Wildman–Crippen MR) is 75.9 cm³/mol. The fraction of sp³-hybridized carbons (Fsp3) is 0.462. The van der Waals surface area contributed by atoms with Crippen LogP contribution in [0.25, 0.3) is 0 Å². The lowest BCUT2D eigenvalue weighted by molar-refractivity contribution is -0.123. The van der Waals surface area contributed by atoms with Gasteiger partial charge in [0.1, 0.15) is 0 Å². The molecule has 1 aromatic rings.